The van der Waals surface area contributed by atoms with Crippen molar-refractivity contribution in [1.82, 2.24) is 0 Å². The van der Waals surface area contributed by atoms with E-state index >= 15 is 0 Å². The van der Waals surface area contributed by atoms with Crippen molar-refractivity contribution in [2.75, 3.05) is 0 Å². The fraction of sp³-hybridized carbons (Fsp3) is 0.600. The fourth-order valence-corrected chi connectivity index (χ4v) is 0.374. The van der Waals surface area contributed by atoms with Crippen LogP contribution in [0.3, 0.4) is 0 Å². The van der Waals surface area contributed by atoms with Crippen molar-refractivity contribution >= 4 is 12.1 Å². The van der Waals surface area contributed by atoms with Crippen molar-refractivity contribution in [1.29, 1.82) is 0 Å². The van der Waals surface area contributed by atoms with Crippen LogP contribution in [-0.4, -0.2) is 30.2 Å². The zero-order valence-corrected chi connectivity index (χ0v) is 6.75. The minimum absolute atomic E-state index is 2.53. The molecule has 1 heterocycles. The number of hydrogen-bond donors (Lipinski definition) is 0. The molecule has 11 heteroatoms. The molecule has 0 radical (unpaired) electrons. The van der Waals surface area contributed by atoms with Crippen LogP contribution in [0.2, 0.25) is 0 Å². The summed E-state index contributed by atoms with van der Waals surface area (Å²) in [4.78, 5) is 17.5. The summed E-state index contributed by atoms with van der Waals surface area (Å²) >= 11 is 0. The van der Waals surface area contributed by atoms with Gasteiger partial charge in [0.25, 0.3) is 0 Å². The summed E-state index contributed by atoms with van der Waals surface area (Å²) in [5, 5.41) is 0. The number of alkyl halides is 6. The highest BCUT2D eigenvalue weighted by atomic mass is 19.4. The lowest BCUT2D eigenvalue weighted by molar-refractivity contribution is -0.231. The van der Waals surface area contributed by atoms with Gasteiger partial charge in [0.1, 0.15) is 0 Å². The van der Waals surface area contributed by atoms with Crippen LogP contribution in [0.15, 0.2) is 0 Å². The highest BCUT2D eigenvalue weighted by molar-refractivity contribution is 6.28. The zero-order chi connectivity index (χ0) is 13.4. The van der Waals surface area contributed by atoms with Gasteiger partial charge in [-0.05, 0) is 0 Å². The maximum Gasteiger partial charge on any atom is 0.458 e. The molecule has 0 bridgehead atoms. The molecular weight excluding hydrogens is 260 g/mol. The van der Waals surface area contributed by atoms with Gasteiger partial charge in [0, 0.05) is 0 Å². The molecule has 0 aromatic carbocycles. The molecule has 3 nitrogen and oxygen atoms in total. The molecule has 1 fully saturated rings. The Labute approximate surface area is 81.0 Å². The lowest BCUT2D eigenvalue weighted by atomic mass is 10.4. The van der Waals surface area contributed by atoms with E-state index in [0.717, 1.165) is 0 Å². The Kier molecular flexibility index (Phi) is 3.65. The molecule has 0 aliphatic carbocycles. The standard InChI is InChI=1S/C3F6O.C2F2O2/c4-1(2(5,6)7)3(8,9)10-1;3-1(5)2(4)6. The molecule has 1 rings (SSSR count). The minimum Gasteiger partial charge on any atom is -0.263 e. The Morgan fingerprint density at radius 2 is 1.19 bits per heavy atom. The van der Waals surface area contributed by atoms with E-state index in [2.05, 4.69) is 4.74 Å². The van der Waals surface area contributed by atoms with Gasteiger partial charge in [-0.2, -0.15) is 35.1 Å². The van der Waals surface area contributed by atoms with Gasteiger partial charge in [-0.15, -0.1) is 0 Å². The quantitative estimate of drug-likeness (QED) is 0.312. The first kappa shape index (κ1) is 14.7. The van der Waals surface area contributed by atoms with E-state index in [1.54, 1.807) is 0 Å². The van der Waals surface area contributed by atoms with Crippen LogP contribution in [0.1, 0.15) is 0 Å². The lowest BCUT2D eigenvalue weighted by Gasteiger charge is -2.04. The fourth-order valence-electron chi connectivity index (χ4n) is 0.374. The molecule has 0 amide bonds. The van der Waals surface area contributed by atoms with E-state index in [1.165, 1.54) is 0 Å². The van der Waals surface area contributed by atoms with Crippen molar-refractivity contribution < 1.29 is 49.4 Å². The smallest absolute Gasteiger partial charge is 0.263 e. The van der Waals surface area contributed by atoms with Gasteiger partial charge in [-0.25, -0.2) is 9.59 Å². The van der Waals surface area contributed by atoms with Crippen molar-refractivity contribution in [3.05, 3.63) is 0 Å². The zero-order valence-electron chi connectivity index (χ0n) is 6.75. The van der Waals surface area contributed by atoms with Gasteiger partial charge < -0.3 is 0 Å². The first-order valence-electron chi connectivity index (χ1n) is 3.08. The van der Waals surface area contributed by atoms with Crippen LogP contribution in [-0.2, 0) is 14.3 Å². The second-order valence-electron chi connectivity index (χ2n) is 2.26. The number of ether oxygens (including phenoxy) is 1. The molecule has 0 aromatic heterocycles. The summed E-state index contributed by atoms with van der Waals surface area (Å²) in [7, 11) is 0. The van der Waals surface area contributed by atoms with Gasteiger partial charge in [-0.3, -0.25) is 4.74 Å². The third kappa shape index (κ3) is 2.87. The van der Waals surface area contributed by atoms with E-state index in [0.29, 0.717) is 0 Å². The average molecular weight is 260 g/mol. The van der Waals surface area contributed by atoms with Crippen LogP contribution in [0.25, 0.3) is 0 Å². The van der Waals surface area contributed by atoms with Crippen molar-refractivity contribution in [3.8, 4) is 0 Å². The molecule has 1 saturated heterocycles. The number of carbonyl (C=O) groups excluding carboxylic acids is 2. The summed E-state index contributed by atoms with van der Waals surface area (Å²) in [6, 6.07) is -5.09. The van der Waals surface area contributed by atoms with E-state index in [4.69, 9.17) is 9.59 Å². The number of epoxide rings is 1. The van der Waals surface area contributed by atoms with Crippen molar-refractivity contribution in [3.63, 3.8) is 0 Å². The van der Waals surface area contributed by atoms with Crippen LogP contribution >= 0.6 is 0 Å². The Morgan fingerprint density at radius 3 is 1.19 bits per heavy atom. The van der Waals surface area contributed by atoms with Gasteiger partial charge in [-0.1, -0.05) is 0 Å². The van der Waals surface area contributed by atoms with E-state index < -0.39 is 30.2 Å². The number of halogens is 8. The summed E-state index contributed by atoms with van der Waals surface area (Å²) in [6.07, 6.45) is -10.4. The third-order valence-corrected chi connectivity index (χ3v) is 1.12. The molecule has 94 valence electrons. The molecule has 16 heavy (non-hydrogen) atoms. The predicted octanol–water partition coefficient (Wildman–Crippen LogP) is 1.82. The van der Waals surface area contributed by atoms with Crippen LogP contribution in [0.4, 0.5) is 35.1 Å². The monoisotopic (exact) mass is 260 g/mol. The van der Waals surface area contributed by atoms with Gasteiger partial charge >= 0.3 is 30.2 Å². The predicted molar refractivity (Wildman–Crippen MR) is 28.2 cm³/mol. The molecule has 1 aliphatic heterocycles. The van der Waals surface area contributed by atoms with E-state index in [-0.39, 0.29) is 0 Å². The molecule has 1 unspecified atom stereocenters. The molecule has 0 aromatic rings. The Balaban J connectivity index is 0.000000325. The highest BCUT2D eigenvalue weighted by Gasteiger charge is 2.90. The van der Waals surface area contributed by atoms with Crippen molar-refractivity contribution in [2.45, 2.75) is 18.1 Å². The molecular formula is C5F8O3. The topological polar surface area (TPSA) is 46.7 Å². The SMILES string of the molecule is FC(F)(F)C1(F)OC1(F)F.O=C(F)C(=O)F. The van der Waals surface area contributed by atoms with Gasteiger partial charge in [0.15, 0.2) is 0 Å². The molecule has 1 atom stereocenters. The largest absolute Gasteiger partial charge is 0.458 e. The maximum atomic E-state index is 11.7. The molecule has 0 saturated carbocycles. The normalized spacial score (nSPS) is 26.5. The Hall–Kier alpha value is -1.26. The first-order valence-corrected chi connectivity index (χ1v) is 3.08. The van der Waals surface area contributed by atoms with Crippen LogP contribution < -0.4 is 0 Å². The Morgan fingerprint density at radius 1 is 0.938 bits per heavy atom. The molecule has 0 N–H and O–H groups in total. The van der Waals surface area contributed by atoms with E-state index in [1.807, 2.05) is 0 Å². The van der Waals surface area contributed by atoms with Crippen LogP contribution in [0, 0.1) is 0 Å². The molecule has 1 aliphatic rings. The van der Waals surface area contributed by atoms with Gasteiger partial charge in [0.05, 0.1) is 0 Å². The first-order chi connectivity index (χ1) is 6.85. The number of carbonyl (C=O) groups is 2. The lowest BCUT2D eigenvalue weighted by Crippen LogP contribution is -2.32. The Bertz CT molecular complexity index is 297. The summed E-state index contributed by atoms with van der Waals surface area (Å²) in [5.41, 5.74) is 0. The highest BCUT2D eigenvalue weighted by Crippen LogP contribution is 2.60. The second kappa shape index (κ2) is 3.96. The number of hydrogen-bond acceptors (Lipinski definition) is 3. The number of rotatable bonds is 1. The maximum absolute atomic E-state index is 11.7. The van der Waals surface area contributed by atoms with E-state index in [9.17, 15) is 35.1 Å². The molecule has 0 spiro atoms. The summed E-state index contributed by atoms with van der Waals surface area (Å²) < 4.78 is 91.3. The average Bonchev–Trinajstić information content (AvgIpc) is 2.52. The minimum atomic E-state index is -5.66. The van der Waals surface area contributed by atoms with Gasteiger partial charge in [0.2, 0.25) is 0 Å². The summed E-state index contributed by atoms with van der Waals surface area (Å²) in [5.74, 6) is -4.75. The third-order valence-electron chi connectivity index (χ3n) is 1.12. The van der Waals surface area contributed by atoms with Crippen molar-refractivity contribution in [2.24, 2.45) is 0 Å². The van der Waals surface area contributed by atoms with Crippen LogP contribution in [0.5, 0.6) is 0 Å². The summed E-state index contributed by atoms with van der Waals surface area (Å²) in [6.45, 7) is 0. The second-order valence-corrected chi connectivity index (χ2v) is 2.26.